The number of amides is 1. The molecule has 0 saturated heterocycles. The number of rotatable bonds is 3. The Kier molecular flexibility index (Phi) is 3.97. The molecule has 138 valence electrons. The quantitative estimate of drug-likeness (QED) is 0.555. The van der Waals surface area contributed by atoms with Gasteiger partial charge in [0.2, 0.25) is 5.95 Å². The number of fused-ring (bicyclic) bond motifs is 1. The molecule has 0 aliphatic carbocycles. The van der Waals surface area contributed by atoms with E-state index in [2.05, 4.69) is 25.5 Å². The lowest BCUT2D eigenvalue weighted by Gasteiger charge is -2.08. The third-order valence-corrected chi connectivity index (χ3v) is 4.14. The molecule has 3 aromatic heterocycles. The molecule has 0 aliphatic heterocycles. The zero-order valence-corrected chi connectivity index (χ0v) is 15.0. The largest absolute Gasteiger partial charge is 0.306 e. The maximum Gasteiger partial charge on any atom is 0.263 e. The van der Waals surface area contributed by atoms with E-state index in [0.717, 1.165) is 0 Å². The van der Waals surface area contributed by atoms with Gasteiger partial charge in [0.1, 0.15) is 11.2 Å². The summed E-state index contributed by atoms with van der Waals surface area (Å²) >= 11 is 0. The van der Waals surface area contributed by atoms with Gasteiger partial charge in [-0.15, -0.1) is 0 Å². The third-order valence-electron chi connectivity index (χ3n) is 4.14. The van der Waals surface area contributed by atoms with Crippen LogP contribution in [0.4, 0.5) is 5.82 Å². The van der Waals surface area contributed by atoms with Crippen LogP contribution in [0.5, 0.6) is 0 Å². The van der Waals surface area contributed by atoms with Crippen LogP contribution in [-0.2, 0) is 7.05 Å². The molecule has 0 saturated carbocycles. The van der Waals surface area contributed by atoms with E-state index >= 15 is 0 Å². The summed E-state index contributed by atoms with van der Waals surface area (Å²) in [7, 11) is 1.68. The molecule has 0 radical (unpaired) electrons. The number of H-pyrrole nitrogens is 1. The van der Waals surface area contributed by atoms with Gasteiger partial charge >= 0.3 is 0 Å². The van der Waals surface area contributed by atoms with Crippen molar-refractivity contribution < 1.29 is 4.79 Å². The first-order chi connectivity index (χ1) is 13.5. The van der Waals surface area contributed by atoms with Gasteiger partial charge in [0.05, 0.1) is 23.5 Å². The molecule has 0 atom stereocenters. The first-order valence-corrected chi connectivity index (χ1v) is 8.27. The molecule has 10 heteroatoms. The molecule has 1 aromatic carbocycles. The van der Waals surface area contributed by atoms with Crippen LogP contribution in [0.2, 0.25) is 0 Å². The number of anilines is 1. The van der Waals surface area contributed by atoms with Gasteiger partial charge in [-0.1, -0.05) is 0 Å². The molecule has 0 bridgehead atoms. The number of nitrogens with one attached hydrogen (secondary N) is 2. The summed E-state index contributed by atoms with van der Waals surface area (Å²) in [4.78, 5) is 31.9. The van der Waals surface area contributed by atoms with Crippen molar-refractivity contribution >= 4 is 22.8 Å². The van der Waals surface area contributed by atoms with Gasteiger partial charge in [-0.25, -0.2) is 0 Å². The lowest BCUT2D eigenvalue weighted by atomic mass is 10.1. The first kappa shape index (κ1) is 17.2. The number of aromatic nitrogens is 6. The van der Waals surface area contributed by atoms with E-state index < -0.39 is 0 Å². The van der Waals surface area contributed by atoms with Gasteiger partial charge in [-0.3, -0.25) is 19.3 Å². The molecule has 0 aliphatic rings. The summed E-state index contributed by atoms with van der Waals surface area (Å²) in [6.45, 7) is 1.76. The predicted molar refractivity (Wildman–Crippen MR) is 100 cm³/mol. The van der Waals surface area contributed by atoms with Gasteiger partial charge in [-0.2, -0.15) is 25.1 Å². The molecular formula is C18H14N8O2. The van der Waals surface area contributed by atoms with Crippen molar-refractivity contribution in [3.63, 3.8) is 0 Å². The molecule has 0 fully saturated rings. The highest BCUT2D eigenvalue weighted by molar-refractivity contribution is 6.04. The molecule has 0 spiro atoms. The highest BCUT2D eigenvalue weighted by Gasteiger charge is 2.16. The maximum atomic E-state index is 12.6. The highest BCUT2D eigenvalue weighted by Crippen LogP contribution is 2.16. The normalized spacial score (nSPS) is 10.8. The van der Waals surface area contributed by atoms with Crippen molar-refractivity contribution in [2.45, 2.75) is 6.92 Å². The molecule has 4 aromatic rings. The Morgan fingerprint density at radius 2 is 2.04 bits per heavy atom. The van der Waals surface area contributed by atoms with Crippen LogP contribution in [0.1, 0.15) is 21.6 Å². The Morgan fingerprint density at radius 3 is 2.75 bits per heavy atom. The number of hydrogen-bond acceptors (Lipinski definition) is 6. The molecule has 10 nitrogen and oxygen atoms in total. The Balaban J connectivity index is 1.73. The molecule has 28 heavy (non-hydrogen) atoms. The summed E-state index contributed by atoms with van der Waals surface area (Å²) in [6.07, 6.45) is 1.44. The van der Waals surface area contributed by atoms with Gasteiger partial charge in [0.15, 0.2) is 5.65 Å². The number of nitrogens with zero attached hydrogens (tertiary/aromatic N) is 6. The Labute approximate surface area is 158 Å². The minimum absolute atomic E-state index is 0.157. The van der Waals surface area contributed by atoms with Gasteiger partial charge in [-0.05, 0) is 31.2 Å². The third kappa shape index (κ3) is 2.90. The van der Waals surface area contributed by atoms with Crippen molar-refractivity contribution in [1.82, 2.24) is 29.5 Å². The van der Waals surface area contributed by atoms with E-state index in [1.54, 1.807) is 44.3 Å². The van der Waals surface area contributed by atoms with Crippen molar-refractivity contribution in [1.29, 1.82) is 5.26 Å². The number of aromatic amines is 1. The number of benzene rings is 1. The van der Waals surface area contributed by atoms with Gasteiger partial charge in [0.25, 0.3) is 11.5 Å². The van der Waals surface area contributed by atoms with Gasteiger partial charge < -0.3 is 5.32 Å². The second kappa shape index (κ2) is 6.48. The lowest BCUT2D eigenvalue weighted by molar-refractivity contribution is 0.102. The van der Waals surface area contributed by atoms with E-state index in [4.69, 9.17) is 5.26 Å². The zero-order valence-electron chi connectivity index (χ0n) is 15.0. The topological polar surface area (TPSA) is 134 Å². The molecule has 1 amide bonds. The second-order valence-corrected chi connectivity index (χ2v) is 6.12. The van der Waals surface area contributed by atoms with Crippen LogP contribution in [0.15, 0.2) is 41.3 Å². The molecule has 2 N–H and O–H groups in total. The summed E-state index contributed by atoms with van der Waals surface area (Å²) in [6, 6.07) is 9.91. The monoisotopic (exact) mass is 374 g/mol. The van der Waals surface area contributed by atoms with Crippen LogP contribution in [0, 0.1) is 18.3 Å². The second-order valence-electron chi connectivity index (χ2n) is 6.12. The van der Waals surface area contributed by atoms with E-state index in [0.29, 0.717) is 33.7 Å². The van der Waals surface area contributed by atoms with E-state index in [-0.39, 0.29) is 17.4 Å². The number of nitriles is 1. The SMILES string of the molecule is Cc1cc(NC(=O)c2ccc(C#N)cc2)n(-c2nc3c(cnn3C)c(=O)[nH]2)n1. The Morgan fingerprint density at radius 1 is 1.29 bits per heavy atom. The van der Waals surface area contributed by atoms with Crippen LogP contribution in [0.3, 0.4) is 0 Å². The molecule has 4 rings (SSSR count). The van der Waals surface area contributed by atoms with Crippen LogP contribution < -0.4 is 10.9 Å². The number of carbonyl (C=O) groups excluding carboxylic acids is 1. The average Bonchev–Trinajstić information content (AvgIpc) is 3.24. The minimum atomic E-state index is -0.380. The fraction of sp³-hybridized carbons (Fsp3) is 0.111. The molecule has 3 heterocycles. The zero-order chi connectivity index (χ0) is 19.8. The summed E-state index contributed by atoms with van der Waals surface area (Å²) in [5.74, 6) is 0.121. The van der Waals surface area contributed by atoms with E-state index in [1.807, 2.05) is 6.07 Å². The van der Waals surface area contributed by atoms with Crippen LogP contribution in [-0.4, -0.2) is 35.4 Å². The van der Waals surface area contributed by atoms with Crippen molar-refractivity contribution in [3.8, 4) is 12.0 Å². The number of aryl methyl sites for hydroxylation is 2. The fourth-order valence-electron chi connectivity index (χ4n) is 2.76. The molecule has 0 unspecified atom stereocenters. The minimum Gasteiger partial charge on any atom is -0.306 e. The van der Waals surface area contributed by atoms with Crippen LogP contribution in [0.25, 0.3) is 17.0 Å². The number of carbonyl (C=O) groups is 1. The van der Waals surface area contributed by atoms with Gasteiger partial charge in [0, 0.05) is 18.7 Å². The van der Waals surface area contributed by atoms with E-state index in [9.17, 15) is 9.59 Å². The summed E-state index contributed by atoms with van der Waals surface area (Å²) in [5, 5.41) is 20.3. The smallest absolute Gasteiger partial charge is 0.263 e. The Bertz CT molecular complexity index is 1300. The Hall–Kier alpha value is -4.26. The van der Waals surface area contributed by atoms with Crippen molar-refractivity contribution in [2.24, 2.45) is 7.05 Å². The fourth-order valence-corrected chi connectivity index (χ4v) is 2.76. The van der Waals surface area contributed by atoms with Crippen molar-refractivity contribution in [2.75, 3.05) is 5.32 Å². The number of hydrogen-bond donors (Lipinski definition) is 2. The van der Waals surface area contributed by atoms with Crippen LogP contribution >= 0.6 is 0 Å². The lowest BCUT2D eigenvalue weighted by Crippen LogP contribution is -2.19. The highest BCUT2D eigenvalue weighted by atomic mass is 16.2. The standard InChI is InChI=1S/C18H14N8O2/c1-10-7-14(21-16(27)12-5-3-11(8-19)4-6-12)26(24-10)18-22-15-13(17(28)23-18)9-20-25(15)2/h3-7,9H,1-2H3,(H,21,27)(H,22,23,28). The molecular weight excluding hydrogens is 360 g/mol. The maximum absolute atomic E-state index is 12.6. The predicted octanol–water partition coefficient (Wildman–Crippen LogP) is 1.27. The summed E-state index contributed by atoms with van der Waals surface area (Å²) < 4.78 is 2.84. The summed E-state index contributed by atoms with van der Waals surface area (Å²) in [5.41, 5.74) is 1.52. The average molecular weight is 374 g/mol. The van der Waals surface area contributed by atoms with E-state index in [1.165, 1.54) is 15.6 Å². The van der Waals surface area contributed by atoms with Crippen molar-refractivity contribution in [3.05, 3.63) is 63.7 Å². The first-order valence-electron chi connectivity index (χ1n) is 8.27.